The van der Waals surface area contributed by atoms with E-state index >= 15 is 0 Å². The molecular weight excluding hydrogens is 420 g/mol. The van der Waals surface area contributed by atoms with Crippen molar-refractivity contribution in [3.8, 4) is 0 Å². The van der Waals surface area contributed by atoms with E-state index in [0.717, 1.165) is 5.56 Å². The second kappa shape index (κ2) is 10.1. The van der Waals surface area contributed by atoms with Crippen LogP contribution < -0.4 is 10.0 Å². The number of amides is 1. The van der Waals surface area contributed by atoms with Crippen LogP contribution in [0.25, 0.3) is 0 Å². The van der Waals surface area contributed by atoms with Gasteiger partial charge in [-0.3, -0.25) is 4.79 Å². The van der Waals surface area contributed by atoms with Gasteiger partial charge >= 0.3 is 5.97 Å². The Balaban J connectivity index is 1.51. The molecule has 1 atom stereocenters. The normalized spacial score (nSPS) is 12.2. The Kier molecular flexibility index (Phi) is 7.22. The summed E-state index contributed by atoms with van der Waals surface area (Å²) in [5.74, 6) is -0.690. The molecule has 1 amide bonds. The highest BCUT2D eigenvalue weighted by molar-refractivity contribution is 7.89. The molecule has 3 aromatic rings. The molecule has 8 nitrogen and oxygen atoms in total. The third kappa shape index (κ3) is 6.27. The van der Waals surface area contributed by atoms with Crippen LogP contribution in [0, 0.1) is 0 Å². The van der Waals surface area contributed by atoms with Crippen LogP contribution in [-0.4, -0.2) is 26.9 Å². The minimum atomic E-state index is -3.77. The summed E-state index contributed by atoms with van der Waals surface area (Å²) >= 11 is 0. The number of furan rings is 1. The number of carbonyl (C=O) groups excluding carboxylic acids is 2. The summed E-state index contributed by atoms with van der Waals surface area (Å²) in [6.45, 7) is 1.39. The predicted octanol–water partition coefficient (Wildman–Crippen LogP) is 2.79. The van der Waals surface area contributed by atoms with E-state index in [9.17, 15) is 18.0 Å². The Labute approximate surface area is 180 Å². The van der Waals surface area contributed by atoms with Crippen molar-refractivity contribution < 1.29 is 27.2 Å². The van der Waals surface area contributed by atoms with Crippen molar-refractivity contribution in [3.63, 3.8) is 0 Å². The highest BCUT2D eigenvalue weighted by Crippen LogP contribution is 2.13. The van der Waals surface area contributed by atoms with Crippen LogP contribution in [0.2, 0.25) is 0 Å². The lowest BCUT2D eigenvalue weighted by Crippen LogP contribution is -2.31. The fourth-order valence-corrected chi connectivity index (χ4v) is 3.75. The number of sulfonamides is 1. The molecule has 0 saturated heterocycles. The zero-order valence-corrected chi connectivity index (χ0v) is 17.6. The first-order valence-corrected chi connectivity index (χ1v) is 11.0. The molecule has 9 heteroatoms. The van der Waals surface area contributed by atoms with E-state index < -0.39 is 28.5 Å². The van der Waals surface area contributed by atoms with E-state index in [-0.39, 0.29) is 23.0 Å². The fraction of sp³-hybridized carbons (Fsp3) is 0.182. The van der Waals surface area contributed by atoms with Gasteiger partial charge in [0.05, 0.1) is 29.3 Å². The molecule has 0 radical (unpaired) electrons. The molecule has 1 unspecified atom stereocenters. The summed E-state index contributed by atoms with van der Waals surface area (Å²) < 4.78 is 37.2. The summed E-state index contributed by atoms with van der Waals surface area (Å²) in [7, 11) is -3.77. The van der Waals surface area contributed by atoms with E-state index in [1.165, 1.54) is 30.5 Å². The summed E-state index contributed by atoms with van der Waals surface area (Å²) in [5, 5.41) is 2.75. The molecule has 0 fully saturated rings. The average Bonchev–Trinajstić information content (AvgIpc) is 3.31. The number of benzene rings is 2. The molecule has 3 rings (SSSR count). The standard InChI is InChI=1S/C22H22N2O6S/c1-16(17-6-3-2-4-7-17)24-21(25)15-30-22(26)18-9-11-20(12-10-18)31(27,28)23-14-19-8-5-13-29-19/h2-13,16,23H,14-15H2,1H3,(H,24,25). The third-order valence-corrected chi connectivity index (χ3v) is 5.85. The molecule has 0 aliphatic rings. The van der Waals surface area contributed by atoms with Gasteiger partial charge in [-0.15, -0.1) is 0 Å². The number of ether oxygens (including phenoxy) is 1. The third-order valence-electron chi connectivity index (χ3n) is 4.43. The van der Waals surface area contributed by atoms with Crippen molar-refractivity contribution in [3.05, 3.63) is 89.9 Å². The number of esters is 1. The molecule has 0 aliphatic heterocycles. The zero-order chi connectivity index (χ0) is 22.3. The number of hydrogen-bond donors (Lipinski definition) is 2. The molecule has 2 aromatic carbocycles. The first-order chi connectivity index (χ1) is 14.8. The summed E-state index contributed by atoms with van der Waals surface area (Å²) in [4.78, 5) is 24.2. The van der Waals surface area contributed by atoms with Crippen LogP contribution >= 0.6 is 0 Å². The summed E-state index contributed by atoms with van der Waals surface area (Å²) in [6.07, 6.45) is 1.45. The number of hydrogen-bond acceptors (Lipinski definition) is 6. The average molecular weight is 442 g/mol. The van der Waals surface area contributed by atoms with E-state index in [2.05, 4.69) is 10.0 Å². The van der Waals surface area contributed by atoms with Crippen LogP contribution in [0.15, 0.2) is 82.3 Å². The van der Waals surface area contributed by atoms with E-state index in [4.69, 9.17) is 9.15 Å². The first kappa shape index (κ1) is 22.3. The van der Waals surface area contributed by atoms with Crippen LogP contribution in [0.3, 0.4) is 0 Å². The quantitative estimate of drug-likeness (QED) is 0.493. The van der Waals surface area contributed by atoms with Gasteiger partial charge in [-0.25, -0.2) is 17.9 Å². The van der Waals surface area contributed by atoms with Crippen molar-refractivity contribution in [2.45, 2.75) is 24.4 Å². The Morgan fingerprint density at radius 3 is 2.35 bits per heavy atom. The second-order valence-electron chi connectivity index (χ2n) is 6.70. The SMILES string of the molecule is CC(NC(=O)COC(=O)c1ccc(S(=O)(=O)NCc2ccco2)cc1)c1ccccc1. The molecule has 0 saturated carbocycles. The Bertz CT molecular complexity index is 1110. The van der Waals surface area contributed by atoms with Crippen molar-refractivity contribution in [1.29, 1.82) is 0 Å². The van der Waals surface area contributed by atoms with Gasteiger partial charge in [-0.05, 0) is 48.9 Å². The van der Waals surface area contributed by atoms with Crippen LogP contribution in [0.1, 0.15) is 34.6 Å². The number of nitrogens with one attached hydrogen (secondary N) is 2. The van der Waals surface area contributed by atoms with Gasteiger partial charge in [0.1, 0.15) is 5.76 Å². The predicted molar refractivity (Wildman–Crippen MR) is 112 cm³/mol. The van der Waals surface area contributed by atoms with Gasteiger partial charge < -0.3 is 14.5 Å². The van der Waals surface area contributed by atoms with Gasteiger partial charge in [-0.1, -0.05) is 30.3 Å². The molecular formula is C22H22N2O6S. The van der Waals surface area contributed by atoms with Gasteiger partial charge in [0, 0.05) is 0 Å². The molecule has 31 heavy (non-hydrogen) atoms. The minimum Gasteiger partial charge on any atom is -0.468 e. The van der Waals surface area contributed by atoms with Gasteiger partial charge in [0.2, 0.25) is 10.0 Å². The van der Waals surface area contributed by atoms with Gasteiger partial charge in [-0.2, -0.15) is 0 Å². The molecule has 2 N–H and O–H groups in total. The molecule has 1 aromatic heterocycles. The minimum absolute atomic E-state index is 0.00923. The fourth-order valence-electron chi connectivity index (χ4n) is 2.76. The van der Waals surface area contributed by atoms with Crippen molar-refractivity contribution >= 4 is 21.9 Å². The lowest BCUT2D eigenvalue weighted by molar-refractivity contribution is -0.124. The Hall–Kier alpha value is -3.43. The molecule has 0 spiro atoms. The maximum Gasteiger partial charge on any atom is 0.338 e. The molecule has 0 bridgehead atoms. The van der Waals surface area contributed by atoms with Crippen molar-refractivity contribution in [2.24, 2.45) is 0 Å². The molecule has 162 valence electrons. The number of rotatable bonds is 9. The van der Waals surface area contributed by atoms with Crippen LogP contribution in [-0.2, 0) is 26.1 Å². The monoisotopic (exact) mass is 442 g/mol. The topological polar surface area (TPSA) is 115 Å². The zero-order valence-electron chi connectivity index (χ0n) is 16.8. The van der Waals surface area contributed by atoms with Crippen LogP contribution in [0.4, 0.5) is 0 Å². The second-order valence-corrected chi connectivity index (χ2v) is 8.47. The highest BCUT2D eigenvalue weighted by Gasteiger charge is 2.17. The number of carbonyl (C=O) groups is 2. The van der Waals surface area contributed by atoms with Gasteiger partial charge in [0.25, 0.3) is 5.91 Å². The van der Waals surface area contributed by atoms with Crippen LogP contribution in [0.5, 0.6) is 0 Å². The summed E-state index contributed by atoms with van der Waals surface area (Å²) in [6, 6.07) is 17.7. The Morgan fingerprint density at radius 2 is 1.71 bits per heavy atom. The molecule has 1 heterocycles. The maximum absolute atomic E-state index is 12.3. The van der Waals surface area contributed by atoms with Crippen molar-refractivity contribution in [1.82, 2.24) is 10.0 Å². The van der Waals surface area contributed by atoms with E-state index in [1.54, 1.807) is 12.1 Å². The maximum atomic E-state index is 12.3. The van der Waals surface area contributed by atoms with Crippen molar-refractivity contribution in [2.75, 3.05) is 6.61 Å². The first-order valence-electron chi connectivity index (χ1n) is 9.49. The van der Waals surface area contributed by atoms with E-state index in [0.29, 0.717) is 5.76 Å². The molecule has 0 aliphatic carbocycles. The summed E-state index contributed by atoms with van der Waals surface area (Å²) in [5.41, 5.74) is 1.06. The smallest absolute Gasteiger partial charge is 0.338 e. The lowest BCUT2D eigenvalue weighted by atomic mass is 10.1. The van der Waals surface area contributed by atoms with E-state index in [1.807, 2.05) is 37.3 Å². The Morgan fingerprint density at radius 1 is 1.00 bits per heavy atom. The lowest BCUT2D eigenvalue weighted by Gasteiger charge is -2.14. The highest BCUT2D eigenvalue weighted by atomic mass is 32.2. The largest absolute Gasteiger partial charge is 0.468 e. The van der Waals surface area contributed by atoms with Gasteiger partial charge in [0.15, 0.2) is 6.61 Å².